The molecular weight excluding hydrogens is 254 g/mol. The average Bonchev–Trinajstić information content (AvgIpc) is 2.98. The van der Waals surface area contributed by atoms with Crippen molar-refractivity contribution in [2.75, 3.05) is 26.3 Å². The molecule has 1 aliphatic rings. The fourth-order valence-electron chi connectivity index (χ4n) is 2.43. The van der Waals surface area contributed by atoms with E-state index in [1.807, 2.05) is 43.0 Å². The van der Waals surface area contributed by atoms with Gasteiger partial charge in [-0.15, -0.1) is 0 Å². The summed E-state index contributed by atoms with van der Waals surface area (Å²) in [5.74, 6) is 0.859. The lowest BCUT2D eigenvalue weighted by atomic mass is 10.1. The van der Waals surface area contributed by atoms with Crippen LogP contribution in [0.3, 0.4) is 0 Å². The summed E-state index contributed by atoms with van der Waals surface area (Å²) in [6.45, 7) is 6.78. The molecule has 110 valence electrons. The molecule has 1 unspecified atom stereocenters. The van der Waals surface area contributed by atoms with E-state index in [1.54, 1.807) is 0 Å². The predicted molar refractivity (Wildman–Crippen MR) is 78.2 cm³/mol. The van der Waals surface area contributed by atoms with Crippen molar-refractivity contribution in [3.63, 3.8) is 0 Å². The Balaban J connectivity index is 1.99. The summed E-state index contributed by atoms with van der Waals surface area (Å²) < 4.78 is 11.0. The van der Waals surface area contributed by atoms with Crippen molar-refractivity contribution >= 4 is 5.91 Å². The second kappa shape index (κ2) is 7.29. The van der Waals surface area contributed by atoms with Gasteiger partial charge in [-0.2, -0.15) is 0 Å². The Morgan fingerprint density at radius 2 is 2.10 bits per heavy atom. The molecule has 1 atom stereocenters. The molecule has 1 aromatic carbocycles. The van der Waals surface area contributed by atoms with Crippen LogP contribution in [0.5, 0.6) is 5.75 Å². The van der Waals surface area contributed by atoms with Gasteiger partial charge in [0.1, 0.15) is 5.75 Å². The fraction of sp³-hybridized carbons (Fsp3) is 0.562. The number of carbonyl (C=O) groups excluding carboxylic acids is 1. The van der Waals surface area contributed by atoms with Crippen LogP contribution in [0.15, 0.2) is 24.3 Å². The zero-order valence-electron chi connectivity index (χ0n) is 12.3. The molecule has 4 nitrogen and oxygen atoms in total. The lowest BCUT2D eigenvalue weighted by molar-refractivity contribution is 0.0539. The smallest absolute Gasteiger partial charge is 0.253 e. The first-order valence-electron chi connectivity index (χ1n) is 7.38. The second-order valence-electron chi connectivity index (χ2n) is 4.94. The van der Waals surface area contributed by atoms with Gasteiger partial charge in [0.2, 0.25) is 0 Å². The summed E-state index contributed by atoms with van der Waals surface area (Å²) in [5, 5.41) is 0. The first-order chi connectivity index (χ1) is 9.74. The van der Waals surface area contributed by atoms with Crippen molar-refractivity contribution in [2.24, 2.45) is 0 Å². The number of likely N-dealkylation sites (N-methyl/N-ethyl adjacent to an activating group) is 1. The molecule has 1 saturated heterocycles. The van der Waals surface area contributed by atoms with Crippen LogP contribution in [-0.4, -0.2) is 43.2 Å². The molecule has 1 aliphatic heterocycles. The maximum Gasteiger partial charge on any atom is 0.253 e. The Kier molecular flexibility index (Phi) is 5.41. The molecule has 0 spiro atoms. The summed E-state index contributed by atoms with van der Waals surface area (Å²) >= 11 is 0. The largest absolute Gasteiger partial charge is 0.494 e. The highest BCUT2D eigenvalue weighted by molar-refractivity contribution is 5.94. The highest BCUT2D eigenvalue weighted by Gasteiger charge is 2.22. The fourth-order valence-corrected chi connectivity index (χ4v) is 2.43. The van der Waals surface area contributed by atoms with E-state index in [4.69, 9.17) is 9.47 Å². The van der Waals surface area contributed by atoms with Crippen molar-refractivity contribution in [3.05, 3.63) is 29.8 Å². The van der Waals surface area contributed by atoms with Crippen LogP contribution in [0.25, 0.3) is 0 Å². The van der Waals surface area contributed by atoms with Gasteiger partial charge in [-0.05, 0) is 51.0 Å². The number of rotatable bonds is 6. The number of nitrogens with zero attached hydrogens (tertiary/aromatic N) is 1. The number of benzene rings is 1. The van der Waals surface area contributed by atoms with Gasteiger partial charge in [0.05, 0.1) is 12.7 Å². The van der Waals surface area contributed by atoms with Gasteiger partial charge in [-0.1, -0.05) is 0 Å². The van der Waals surface area contributed by atoms with E-state index in [1.165, 1.54) is 0 Å². The van der Waals surface area contributed by atoms with Crippen molar-refractivity contribution < 1.29 is 14.3 Å². The lowest BCUT2D eigenvalue weighted by Crippen LogP contribution is -2.37. The minimum Gasteiger partial charge on any atom is -0.494 e. The standard InChI is InChI=1S/C16H23NO3/c1-3-17(12-15-6-5-11-20-15)16(18)13-7-9-14(10-8-13)19-4-2/h7-10,15H,3-6,11-12H2,1-2H3. The monoisotopic (exact) mass is 277 g/mol. The Labute approximate surface area is 120 Å². The lowest BCUT2D eigenvalue weighted by Gasteiger charge is -2.24. The minimum absolute atomic E-state index is 0.0612. The molecule has 0 saturated carbocycles. The third-order valence-corrected chi connectivity index (χ3v) is 3.53. The van der Waals surface area contributed by atoms with Crippen LogP contribution < -0.4 is 4.74 Å². The summed E-state index contributed by atoms with van der Waals surface area (Å²) in [6.07, 6.45) is 2.34. The molecule has 1 amide bonds. The van der Waals surface area contributed by atoms with Gasteiger partial charge in [0.25, 0.3) is 5.91 Å². The molecule has 0 bridgehead atoms. The number of carbonyl (C=O) groups is 1. The number of ether oxygens (including phenoxy) is 2. The Morgan fingerprint density at radius 3 is 2.65 bits per heavy atom. The highest BCUT2D eigenvalue weighted by Crippen LogP contribution is 2.17. The van der Waals surface area contributed by atoms with Gasteiger partial charge in [0.15, 0.2) is 0 Å². The minimum atomic E-state index is 0.0612. The van der Waals surface area contributed by atoms with Gasteiger partial charge in [0, 0.05) is 25.3 Å². The third kappa shape index (κ3) is 3.73. The molecule has 0 radical (unpaired) electrons. The average molecular weight is 277 g/mol. The topological polar surface area (TPSA) is 38.8 Å². The summed E-state index contributed by atoms with van der Waals surface area (Å²) in [7, 11) is 0. The zero-order valence-corrected chi connectivity index (χ0v) is 12.3. The highest BCUT2D eigenvalue weighted by atomic mass is 16.5. The van der Waals surface area contributed by atoms with Gasteiger partial charge >= 0.3 is 0 Å². The number of amides is 1. The molecule has 20 heavy (non-hydrogen) atoms. The summed E-state index contributed by atoms with van der Waals surface area (Å²) in [6, 6.07) is 7.34. The maximum atomic E-state index is 12.5. The molecule has 1 aromatic rings. The summed E-state index contributed by atoms with van der Waals surface area (Å²) in [4.78, 5) is 14.3. The van der Waals surface area contributed by atoms with Gasteiger partial charge in [-0.3, -0.25) is 4.79 Å². The first-order valence-corrected chi connectivity index (χ1v) is 7.38. The predicted octanol–water partition coefficient (Wildman–Crippen LogP) is 2.73. The zero-order chi connectivity index (χ0) is 14.4. The van der Waals surface area contributed by atoms with Crippen LogP contribution in [0.2, 0.25) is 0 Å². The van der Waals surface area contributed by atoms with Gasteiger partial charge < -0.3 is 14.4 Å². The third-order valence-electron chi connectivity index (χ3n) is 3.53. The van der Waals surface area contributed by atoms with E-state index in [0.29, 0.717) is 25.3 Å². The van der Waals surface area contributed by atoms with Crippen LogP contribution in [-0.2, 0) is 4.74 Å². The summed E-state index contributed by atoms with van der Waals surface area (Å²) in [5.41, 5.74) is 0.702. The number of hydrogen-bond donors (Lipinski definition) is 0. The molecule has 4 heteroatoms. The number of hydrogen-bond acceptors (Lipinski definition) is 3. The van der Waals surface area contributed by atoms with Crippen LogP contribution in [0, 0.1) is 0 Å². The van der Waals surface area contributed by atoms with Crippen LogP contribution >= 0.6 is 0 Å². The van der Waals surface area contributed by atoms with Crippen molar-refractivity contribution in [1.29, 1.82) is 0 Å². The SMILES string of the molecule is CCOc1ccc(C(=O)N(CC)CC2CCCO2)cc1. The Bertz CT molecular complexity index is 424. The molecular formula is C16H23NO3. The van der Waals surface area contributed by atoms with E-state index in [9.17, 15) is 4.79 Å². The molecule has 1 heterocycles. The Morgan fingerprint density at radius 1 is 1.35 bits per heavy atom. The van der Waals surface area contributed by atoms with Crippen molar-refractivity contribution in [1.82, 2.24) is 4.90 Å². The molecule has 1 fully saturated rings. The van der Waals surface area contributed by atoms with E-state index < -0.39 is 0 Å². The van der Waals surface area contributed by atoms with Crippen LogP contribution in [0.4, 0.5) is 0 Å². The molecule has 0 aliphatic carbocycles. The first kappa shape index (κ1) is 14.9. The quantitative estimate of drug-likeness (QED) is 0.802. The maximum absolute atomic E-state index is 12.5. The van der Waals surface area contributed by atoms with Crippen molar-refractivity contribution in [2.45, 2.75) is 32.8 Å². The van der Waals surface area contributed by atoms with E-state index in [2.05, 4.69) is 0 Å². The Hall–Kier alpha value is -1.55. The molecule has 2 rings (SSSR count). The normalized spacial score (nSPS) is 18.0. The molecule has 0 N–H and O–H groups in total. The second-order valence-corrected chi connectivity index (χ2v) is 4.94. The molecule has 0 aromatic heterocycles. The van der Waals surface area contributed by atoms with Crippen LogP contribution in [0.1, 0.15) is 37.0 Å². The van der Waals surface area contributed by atoms with E-state index in [-0.39, 0.29) is 12.0 Å². The van der Waals surface area contributed by atoms with Gasteiger partial charge in [-0.25, -0.2) is 0 Å². The van der Waals surface area contributed by atoms with E-state index in [0.717, 1.165) is 25.2 Å². The van der Waals surface area contributed by atoms with E-state index >= 15 is 0 Å². The van der Waals surface area contributed by atoms with Crippen molar-refractivity contribution in [3.8, 4) is 5.75 Å².